The summed E-state index contributed by atoms with van der Waals surface area (Å²) in [7, 11) is 0. The molecular formula is C29H34N4O3. The van der Waals surface area contributed by atoms with Crippen LogP contribution in [0.2, 0.25) is 0 Å². The minimum atomic E-state index is -1.16. The van der Waals surface area contributed by atoms with E-state index in [-0.39, 0.29) is 23.8 Å². The number of carbonyl (C=O) groups excluding carboxylic acids is 3. The maximum atomic E-state index is 14.0. The van der Waals surface area contributed by atoms with Crippen LogP contribution < -0.4 is 5.32 Å². The van der Waals surface area contributed by atoms with Crippen LogP contribution in [0.25, 0.3) is 10.9 Å². The number of hydrogen-bond acceptors (Lipinski definition) is 3. The smallest absolute Gasteiger partial charge is 0.328 e. The molecule has 0 aliphatic carbocycles. The van der Waals surface area contributed by atoms with Gasteiger partial charge in [-0.1, -0.05) is 62.4 Å². The number of imide groups is 1. The molecule has 0 saturated carbocycles. The number of aromatic amines is 1. The van der Waals surface area contributed by atoms with Crippen LogP contribution in [-0.2, 0) is 28.0 Å². The van der Waals surface area contributed by atoms with E-state index in [0.29, 0.717) is 13.0 Å². The second-order valence-electron chi connectivity index (χ2n) is 10.6. The first kappa shape index (κ1) is 24.1. The quantitative estimate of drug-likeness (QED) is 0.487. The van der Waals surface area contributed by atoms with E-state index in [1.807, 2.05) is 63.2 Å². The molecule has 0 unspecified atom stereocenters. The van der Waals surface area contributed by atoms with Crippen LogP contribution in [0.1, 0.15) is 50.9 Å². The standard InChI is InChI=1S/C29H34N4O3/c1-18(2)24(26(34)30-19(3)14-15-20-10-6-5-7-11-20)33-27(35)29(4)25-22(16-17-32(29)28(33)36)21-12-8-9-13-23(21)31-25/h5-13,18-19,24,31H,14-17H2,1-4H3,(H,30,34)/t19-,24+,29+/m1/s1. The molecule has 3 aromatic rings. The van der Waals surface area contributed by atoms with Crippen molar-refractivity contribution in [3.63, 3.8) is 0 Å². The van der Waals surface area contributed by atoms with Crippen LogP contribution in [-0.4, -0.2) is 51.3 Å². The number of aromatic nitrogens is 1. The molecule has 3 heterocycles. The first-order valence-corrected chi connectivity index (χ1v) is 12.8. The second-order valence-corrected chi connectivity index (χ2v) is 10.6. The Morgan fingerprint density at radius 2 is 1.75 bits per heavy atom. The number of H-pyrrole nitrogens is 1. The van der Waals surface area contributed by atoms with Crippen molar-refractivity contribution in [2.24, 2.45) is 5.92 Å². The lowest BCUT2D eigenvalue weighted by Gasteiger charge is -2.36. The van der Waals surface area contributed by atoms with E-state index in [2.05, 4.69) is 22.4 Å². The molecule has 7 heteroatoms. The van der Waals surface area contributed by atoms with Crippen molar-refractivity contribution >= 4 is 28.7 Å². The van der Waals surface area contributed by atoms with Crippen molar-refractivity contribution in [3.05, 3.63) is 71.4 Å². The highest BCUT2D eigenvalue weighted by Crippen LogP contribution is 2.45. The maximum Gasteiger partial charge on any atom is 0.328 e. The largest absolute Gasteiger partial charge is 0.356 e. The normalized spacial score (nSPS) is 21.0. The Labute approximate surface area is 211 Å². The van der Waals surface area contributed by atoms with Crippen LogP contribution in [0.5, 0.6) is 0 Å². The first-order valence-electron chi connectivity index (χ1n) is 12.8. The summed E-state index contributed by atoms with van der Waals surface area (Å²) in [6.45, 7) is 7.97. The van der Waals surface area contributed by atoms with Crippen LogP contribution in [0.4, 0.5) is 4.79 Å². The molecule has 2 N–H and O–H groups in total. The third-order valence-electron chi connectivity index (χ3n) is 7.77. The summed E-state index contributed by atoms with van der Waals surface area (Å²) in [5.41, 5.74) is 2.84. The third kappa shape index (κ3) is 3.77. The van der Waals surface area contributed by atoms with Gasteiger partial charge in [-0.2, -0.15) is 0 Å². The number of hydrogen-bond donors (Lipinski definition) is 2. The highest BCUT2D eigenvalue weighted by Gasteiger charge is 2.61. The molecule has 188 valence electrons. The lowest BCUT2D eigenvalue weighted by Crippen LogP contribution is -2.54. The molecule has 2 aliphatic rings. The minimum absolute atomic E-state index is 0.0924. The fourth-order valence-electron chi connectivity index (χ4n) is 5.81. The van der Waals surface area contributed by atoms with Crippen molar-refractivity contribution in [2.75, 3.05) is 6.54 Å². The predicted molar refractivity (Wildman–Crippen MR) is 139 cm³/mol. The second kappa shape index (κ2) is 9.12. The average Bonchev–Trinajstić information content (AvgIpc) is 3.33. The molecule has 36 heavy (non-hydrogen) atoms. The molecule has 4 amide bonds. The van der Waals surface area contributed by atoms with Gasteiger partial charge in [0.15, 0.2) is 5.54 Å². The van der Waals surface area contributed by atoms with Gasteiger partial charge in [0.2, 0.25) is 5.91 Å². The summed E-state index contributed by atoms with van der Waals surface area (Å²) in [5.74, 6) is -0.857. The van der Waals surface area contributed by atoms with Crippen LogP contribution in [0, 0.1) is 5.92 Å². The van der Waals surface area contributed by atoms with Crippen LogP contribution in [0.3, 0.4) is 0 Å². The molecular weight excluding hydrogens is 452 g/mol. The molecule has 1 aromatic heterocycles. The SMILES string of the molecule is CC(C)[C@@H](C(=O)N[C@H](C)CCc1ccccc1)N1C(=O)N2CCc3c([nH]c4ccccc34)[C@@]2(C)C1=O. The van der Waals surface area contributed by atoms with Crippen molar-refractivity contribution in [1.82, 2.24) is 20.1 Å². The zero-order valence-corrected chi connectivity index (χ0v) is 21.4. The van der Waals surface area contributed by atoms with Gasteiger partial charge in [0.25, 0.3) is 5.91 Å². The molecule has 0 bridgehead atoms. The van der Waals surface area contributed by atoms with Crippen molar-refractivity contribution in [1.29, 1.82) is 0 Å². The third-order valence-corrected chi connectivity index (χ3v) is 7.77. The maximum absolute atomic E-state index is 14.0. The Hall–Kier alpha value is -3.61. The van der Waals surface area contributed by atoms with Gasteiger partial charge in [0.1, 0.15) is 6.04 Å². The van der Waals surface area contributed by atoms with Crippen LogP contribution >= 0.6 is 0 Å². The number of nitrogens with zero attached hydrogens (tertiary/aromatic N) is 2. The van der Waals surface area contributed by atoms with Gasteiger partial charge in [-0.25, -0.2) is 9.69 Å². The van der Waals surface area contributed by atoms with Gasteiger partial charge in [-0.05, 0) is 56.2 Å². The average molecular weight is 487 g/mol. The van der Waals surface area contributed by atoms with E-state index in [4.69, 9.17) is 0 Å². The van der Waals surface area contributed by atoms with Gasteiger partial charge in [0.05, 0.1) is 5.69 Å². The molecule has 0 radical (unpaired) electrons. The van der Waals surface area contributed by atoms with Crippen molar-refractivity contribution in [2.45, 2.75) is 64.6 Å². The lowest BCUT2D eigenvalue weighted by atomic mass is 9.86. The molecule has 2 aliphatic heterocycles. The molecule has 2 aromatic carbocycles. The number of benzene rings is 2. The molecule has 7 nitrogen and oxygen atoms in total. The van der Waals surface area contributed by atoms with E-state index in [1.165, 1.54) is 10.5 Å². The molecule has 1 fully saturated rings. The summed E-state index contributed by atoms with van der Waals surface area (Å²) >= 11 is 0. The van der Waals surface area contributed by atoms with Gasteiger partial charge < -0.3 is 15.2 Å². The Bertz CT molecular complexity index is 1310. The topological polar surface area (TPSA) is 85.5 Å². The fraction of sp³-hybridized carbons (Fsp3) is 0.414. The molecule has 5 rings (SSSR count). The number of nitrogens with one attached hydrogen (secondary N) is 2. The minimum Gasteiger partial charge on any atom is -0.356 e. The fourth-order valence-corrected chi connectivity index (χ4v) is 5.81. The van der Waals surface area contributed by atoms with E-state index in [0.717, 1.165) is 35.0 Å². The summed E-state index contributed by atoms with van der Waals surface area (Å²) in [4.78, 5) is 47.4. The van der Waals surface area contributed by atoms with Crippen molar-refractivity contribution < 1.29 is 14.4 Å². The predicted octanol–water partition coefficient (Wildman–Crippen LogP) is 4.37. The number of urea groups is 1. The summed E-state index contributed by atoms with van der Waals surface area (Å²) in [5, 5.41) is 4.15. The summed E-state index contributed by atoms with van der Waals surface area (Å²) < 4.78 is 0. The number of rotatable bonds is 7. The zero-order valence-electron chi connectivity index (χ0n) is 21.4. The van der Waals surface area contributed by atoms with Crippen LogP contribution in [0.15, 0.2) is 54.6 Å². The Kier molecular flexibility index (Phi) is 6.10. The van der Waals surface area contributed by atoms with E-state index in [9.17, 15) is 14.4 Å². The number of fused-ring (bicyclic) bond motifs is 5. The van der Waals surface area contributed by atoms with Crippen molar-refractivity contribution in [3.8, 4) is 0 Å². The molecule has 1 saturated heterocycles. The Balaban J connectivity index is 1.40. The summed E-state index contributed by atoms with van der Waals surface area (Å²) in [6.07, 6.45) is 2.27. The highest BCUT2D eigenvalue weighted by molar-refractivity contribution is 6.11. The monoisotopic (exact) mass is 486 g/mol. The number of amides is 4. The van der Waals surface area contributed by atoms with E-state index >= 15 is 0 Å². The number of aryl methyl sites for hydroxylation is 1. The van der Waals surface area contributed by atoms with Gasteiger partial charge in [-0.3, -0.25) is 9.59 Å². The Morgan fingerprint density at radius 3 is 2.47 bits per heavy atom. The highest BCUT2D eigenvalue weighted by atomic mass is 16.2. The van der Waals surface area contributed by atoms with Gasteiger partial charge in [0, 0.05) is 23.5 Å². The number of carbonyl (C=O) groups is 3. The number of para-hydroxylation sites is 1. The molecule has 3 atom stereocenters. The zero-order chi connectivity index (χ0) is 25.6. The van der Waals surface area contributed by atoms with Gasteiger partial charge >= 0.3 is 6.03 Å². The lowest BCUT2D eigenvalue weighted by molar-refractivity contribution is -0.141. The van der Waals surface area contributed by atoms with E-state index in [1.54, 1.807) is 11.8 Å². The molecule has 0 spiro atoms. The summed E-state index contributed by atoms with van der Waals surface area (Å²) in [6, 6.07) is 16.8. The Morgan fingerprint density at radius 1 is 1.06 bits per heavy atom. The first-order chi connectivity index (χ1) is 17.2. The van der Waals surface area contributed by atoms with Gasteiger partial charge in [-0.15, -0.1) is 0 Å². The van der Waals surface area contributed by atoms with E-state index < -0.39 is 17.6 Å².